The molecule has 1 aromatic carbocycles. The predicted octanol–water partition coefficient (Wildman–Crippen LogP) is 4.96. The van der Waals surface area contributed by atoms with Crippen molar-refractivity contribution in [2.45, 2.75) is 70.6 Å². The van der Waals surface area contributed by atoms with Crippen molar-refractivity contribution < 1.29 is 14.6 Å². The van der Waals surface area contributed by atoms with Gasteiger partial charge in [0.05, 0.1) is 12.7 Å². The van der Waals surface area contributed by atoms with Gasteiger partial charge in [0, 0.05) is 5.56 Å². The number of carboxylic acids is 1. The summed E-state index contributed by atoms with van der Waals surface area (Å²) in [6.07, 6.45) is 8.94. The van der Waals surface area contributed by atoms with E-state index in [9.17, 15) is 9.90 Å². The molecule has 0 amide bonds. The van der Waals surface area contributed by atoms with Crippen LogP contribution in [0.5, 0.6) is 5.75 Å². The number of hydrogen-bond donors (Lipinski definition) is 1. The van der Waals surface area contributed by atoms with Gasteiger partial charge in [-0.2, -0.15) is 0 Å². The summed E-state index contributed by atoms with van der Waals surface area (Å²) in [6.45, 7) is 4.41. The Hall–Kier alpha value is -1.51. The molecule has 1 N–H and O–H groups in total. The van der Waals surface area contributed by atoms with Crippen LogP contribution in [0.3, 0.4) is 0 Å². The van der Waals surface area contributed by atoms with Crippen LogP contribution in [0.15, 0.2) is 12.1 Å². The highest BCUT2D eigenvalue weighted by Gasteiger charge is 2.33. The molecular weight excluding hydrogens is 276 g/mol. The van der Waals surface area contributed by atoms with Crippen LogP contribution in [0, 0.1) is 0 Å². The topological polar surface area (TPSA) is 46.5 Å². The van der Waals surface area contributed by atoms with Crippen LogP contribution in [0.1, 0.15) is 80.3 Å². The van der Waals surface area contributed by atoms with E-state index in [0.29, 0.717) is 5.56 Å². The molecule has 3 heteroatoms. The standard InChI is InChI=1S/C19H28O3/c1-4-5-9-14-12-15(18(20)21)13-16(17(14)22-3)19(2)10-7-6-8-11-19/h12-13H,4-11H2,1-3H3,(H,20,21). The van der Waals surface area contributed by atoms with E-state index < -0.39 is 5.97 Å². The van der Waals surface area contributed by atoms with Crippen molar-refractivity contribution in [3.8, 4) is 5.75 Å². The van der Waals surface area contributed by atoms with Gasteiger partial charge < -0.3 is 9.84 Å². The van der Waals surface area contributed by atoms with Crippen molar-refractivity contribution in [2.24, 2.45) is 0 Å². The van der Waals surface area contributed by atoms with Crippen molar-refractivity contribution in [1.29, 1.82) is 0 Å². The van der Waals surface area contributed by atoms with Gasteiger partial charge in [0.25, 0.3) is 0 Å². The second-order valence-electron chi connectivity index (χ2n) is 6.75. The third-order valence-corrected chi connectivity index (χ3v) is 5.02. The summed E-state index contributed by atoms with van der Waals surface area (Å²) in [5.74, 6) is 0.0731. The Morgan fingerprint density at radius 3 is 2.50 bits per heavy atom. The highest BCUT2D eigenvalue weighted by atomic mass is 16.5. The number of benzene rings is 1. The Labute approximate surface area is 133 Å². The lowest BCUT2D eigenvalue weighted by Crippen LogP contribution is -2.26. The van der Waals surface area contributed by atoms with Crippen LogP contribution in [0.2, 0.25) is 0 Å². The minimum atomic E-state index is -0.846. The van der Waals surface area contributed by atoms with Crippen molar-refractivity contribution in [1.82, 2.24) is 0 Å². The molecule has 1 aliphatic rings. The minimum absolute atomic E-state index is 0.0377. The van der Waals surface area contributed by atoms with Crippen LogP contribution < -0.4 is 4.74 Å². The van der Waals surface area contributed by atoms with Crippen LogP contribution in [-0.4, -0.2) is 18.2 Å². The lowest BCUT2D eigenvalue weighted by atomic mass is 9.70. The average molecular weight is 304 g/mol. The molecule has 1 saturated carbocycles. The summed E-state index contributed by atoms with van der Waals surface area (Å²) in [7, 11) is 1.71. The van der Waals surface area contributed by atoms with Gasteiger partial charge in [0.2, 0.25) is 0 Å². The molecule has 0 heterocycles. The number of methoxy groups -OCH3 is 1. The molecular formula is C19H28O3. The number of carboxylic acid groups (broad SMARTS) is 1. The molecule has 0 bridgehead atoms. The second-order valence-corrected chi connectivity index (χ2v) is 6.75. The molecule has 0 radical (unpaired) electrons. The summed E-state index contributed by atoms with van der Waals surface area (Å²) < 4.78 is 5.73. The molecule has 0 unspecified atom stereocenters. The summed E-state index contributed by atoms with van der Waals surface area (Å²) in [4.78, 5) is 11.5. The number of aryl methyl sites for hydroxylation is 1. The van der Waals surface area contributed by atoms with Crippen LogP contribution in [0.25, 0.3) is 0 Å². The molecule has 3 nitrogen and oxygen atoms in total. The van der Waals surface area contributed by atoms with Crippen molar-refractivity contribution in [3.05, 3.63) is 28.8 Å². The molecule has 2 rings (SSSR count). The predicted molar refractivity (Wildman–Crippen MR) is 89.0 cm³/mol. The Morgan fingerprint density at radius 2 is 1.95 bits per heavy atom. The minimum Gasteiger partial charge on any atom is -0.496 e. The molecule has 1 aliphatic carbocycles. The summed E-state index contributed by atoms with van der Waals surface area (Å²) >= 11 is 0. The van der Waals surface area contributed by atoms with Crippen LogP contribution in [-0.2, 0) is 11.8 Å². The SMILES string of the molecule is CCCCc1cc(C(=O)O)cc(C2(C)CCCCC2)c1OC. The maximum atomic E-state index is 11.5. The van der Waals surface area contributed by atoms with Gasteiger partial charge in [-0.3, -0.25) is 0 Å². The van der Waals surface area contributed by atoms with Gasteiger partial charge in [-0.1, -0.05) is 39.5 Å². The maximum absolute atomic E-state index is 11.5. The molecule has 0 aliphatic heterocycles. The molecule has 0 saturated heterocycles. The molecule has 1 aromatic rings. The fourth-order valence-corrected chi connectivity index (χ4v) is 3.66. The monoisotopic (exact) mass is 304 g/mol. The Kier molecular flexibility index (Phi) is 5.49. The van der Waals surface area contributed by atoms with Crippen molar-refractivity contribution in [2.75, 3.05) is 7.11 Å². The van der Waals surface area contributed by atoms with Gasteiger partial charge in [0.15, 0.2) is 0 Å². The zero-order valence-electron chi connectivity index (χ0n) is 14.1. The largest absolute Gasteiger partial charge is 0.496 e. The molecule has 0 aromatic heterocycles. The van der Waals surface area contributed by atoms with Gasteiger partial charge in [-0.15, -0.1) is 0 Å². The van der Waals surface area contributed by atoms with Crippen molar-refractivity contribution in [3.63, 3.8) is 0 Å². The first kappa shape index (κ1) is 16.9. The lowest BCUT2D eigenvalue weighted by Gasteiger charge is -2.36. The fraction of sp³-hybridized carbons (Fsp3) is 0.632. The molecule has 1 fully saturated rings. The van der Waals surface area contributed by atoms with E-state index in [1.165, 1.54) is 19.3 Å². The third kappa shape index (κ3) is 3.45. The molecule has 0 atom stereocenters. The smallest absolute Gasteiger partial charge is 0.335 e. The first-order valence-corrected chi connectivity index (χ1v) is 8.46. The highest BCUT2D eigenvalue weighted by molar-refractivity contribution is 5.88. The number of ether oxygens (including phenoxy) is 1. The molecule has 22 heavy (non-hydrogen) atoms. The zero-order valence-corrected chi connectivity index (χ0v) is 14.1. The molecule has 0 spiro atoms. The van der Waals surface area contributed by atoms with E-state index in [2.05, 4.69) is 13.8 Å². The van der Waals surface area contributed by atoms with Gasteiger partial charge >= 0.3 is 5.97 Å². The number of rotatable bonds is 6. The zero-order chi connectivity index (χ0) is 16.2. The van der Waals surface area contributed by atoms with Crippen LogP contribution >= 0.6 is 0 Å². The number of unbranched alkanes of at least 4 members (excludes halogenated alkanes) is 1. The summed E-state index contributed by atoms with van der Waals surface area (Å²) in [5.41, 5.74) is 2.58. The summed E-state index contributed by atoms with van der Waals surface area (Å²) in [6, 6.07) is 3.65. The van der Waals surface area contributed by atoms with E-state index in [1.54, 1.807) is 13.2 Å². The fourth-order valence-electron chi connectivity index (χ4n) is 3.66. The van der Waals surface area contributed by atoms with Crippen LogP contribution in [0.4, 0.5) is 0 Å². The first-order chi connectivity index (χ1) is 10.5. The molecule has 122 valence electrons. The van der Waals surface area contributed by atoms with Gasteiger partial charge in [0.1, 0.15) is 5.75 Å². The average Bonchev–Trinajstić information content (AvgIpc) is 2.52. The highest BCUT2D eigenvalue weighted by Crippen LogP contribution is 2.44. The lowest BCUT2D eigenvalue weighted by molar-refractivity contribution is 0.0696. The van der Waals surface area contributed by atoms with E-state index in [4.69, 9.17) is 4.74 Å². The Balaban J connectivity index is 2.53. The summed E-state index contributed by atoms with van der Waals surface area (Å²) in [5, 5.41) is 9.46. The van der Waals surface area contributed by atoms with Gasteiger partial charge in [-0.05, 0) is 48.8 Å². The number of aromatic carboxylic acids is 1. The third-order valence-electron chi connectivity index (χ3n) is 5.02. The maximum Gasteiger partial charge on any atom is 0.335 e. The number of carbonyl (C=O) groups is 1. The Morgan fingerprint density at radius 1 is 1.27 bits per heavy atom. The van der Waals surface area contributed by atoms with E-state index in [0.717, 1.165) is 49.0 Å². The number of hydrogen-bond acceptors (Lipinski definition) is 2. The Bertz CT molecular complexity index is 528. The first-order valence-electron chi connectivity index (χ1n) is 8.46. The van der Waals surface area contributed by atoms with Gasteiger partial charge in [-0.25, -0.2) is 4.79 Å². The van der Waals surface area contributed by atoms with E-state index >= 15 is 0 Å². The van der Waals surface area contributed by atoms with Crippen molar-refractivity contribution >= 4 is 5.97 Å². The van der Waals surface area contributed by atoms with E-state index in [1.807, 2.05) is 6.07 Å². The normalized spacial score (nSPS) is 17.2. The van der Waals surface area contributed by atoms with E-state index in [-0.39, 0.29) is 5.41 Å². The second kappa shape index (κ2) is 7.17. The quantitative estimate of drug-likeness (QED) is 0.808.